The first kappa shape index (κ1) is 15.9. The van der Waals surface area contributed by atoms with Gasteiger partial charge in [-0.2, -0.15) is 0 Å². The summed E-state index contributed by atoms with van der Waals surface area (Å²) in [5.74, 6) is 0.0347. The highest BCUT2D eigenvalue weighted by Gasteiger charge is 2.27. The van der Waals surface area contributed by atoms with Crippen LogP contribution in [0, 0.1) is 13.8 Å². The van der Waals surface area contributed by atoms with E-state index < -0.39 is 0 Å². The minimum atomic E-state index is -0.231. The number of nitrogens with zero attached hydrogens (tertiary/aromatic N) is 2. The van der Waals surface area contributed by atoms with Crippen LogP contribution in [-0.2, 0) is 6.42 Å². The lowest BCUT2D eigenvalue weighted by Crippen LogP contribution is -2.35. The van der Waals surface area contributed by atoms with E-state index >= 15 is 0 Å². The number of fused-ring (bicyclic) bond motifs is 1. The summed E-state index contributed by atoms with van der Waals surface area (Å²) in [6.45, 7) is 4.43. The van der Waals surface area contributed by atoms with Gasteiger partial charge in [-0.05, 0) is 33.1 Å². The molecular formula is C17H21N3O2S. The number of H-pyrrole nitrogens is 1. The van der Waals surface area contributed by atoms with E-state index in [4.69, 9.17) is 0 Å². The van der Waals surface area contributed by atoms with Gasteiger partial charge in [-0.25, -0.2) is 4.98 Å². The van der Waals surface area contributed by atoms with Gasteiger partial charge in [0.15, 0.2) is 5.43 Å². The van der Waals surface area contributed by atoms with Gasteiger partial charge in [-0.15, -0.1) is 11.3 Å². The SMILES string of the molecule is Cc1cc(=O)c(C(=O)N(C)C[C@H]2CCCc3sc(C)nc32)c[nH]1. The van der Waals surface area contributed by atoms with Crippen molar-refractivity contribution in [2.75, 3.05) is 13.6 Å². The monoisotopic (exact) mass is 331 g/mol. The Labute approximate surface area is 139 Å². The van der Waals surface area contributed by atoms with Crippen LogP contribution in [0.2, 0.25) is 0 Å². The first-order chi connectivity index (χ1) is 11.0. The van der Waals surface area contributed by atoms with Gasteiger partial charge in [-0.3, -0.25) is 9.59 Å². The fourth-order valence-electron chi connectivity index (χ4n) is 3.17. The number of thiazole rings is 1. The lowest BCUT2D eigenvalue weighted by molar-refractivity contribution is 0.0781. The number of hydrogen-bond donors (Lipinski definition) is 1. The normalized spacial score (nSPS) is 16.9. The van der Waals surface area contributed by atoms with Crippen molar-refractivity contribution in [3.05, 3.63) is 49.3 Å². The Kier molecular flexibility index (Phi) is 4.35. The zero-order valence-electron chi connectivity index (χ0n) is 13.7. The van der Waals surface area contributed by atoms with Crippen molar-refractivity contribution in [1.82, 2.24) is 14.9 Å². The molecule has 0 aromatic carbocycles. The molecule has 1 amide bonds. The molecule has 2 aromatic heterocycles. The minimum Gasteiger partial charge on any atom is -0.364 e. The lowest BCUT2D eigenvalue weighted by atomic mass is 9.90. The number of hydrogen-bond acceptors (Lipinski definition) is 4. The summed E-state index contributed by atoms with van der Waals surface area (Å²) >= 11 is 1.76. The largest absolute Gasteiger partial charge is 0.364 e. The molecule has 0 aliphatic heterocycles. The van der Waals surface area contributed by atoms with Gasteiger partial charge in [-0.1, -0.05) is 0 Å². The Morgan fingerprint density at radius 2 is 2.26 bits per heavy atom. The number of nitrogens with one attached hydrogen (secondary N) is 1. The van der Waals surface area contributed by atoms with Gasteiger partial charge in [0, 0.05) is 42.3 Å². The number of aromatic nitrogens is 2. The number of carbonyl (C=O) groups excluding carboxylic acids is 1. The number of aromatic amines is 1. The van der Waals surface area contributed by atoms with Crippen LogP contribution >= 0.6 is 11.3 Å². The highest BCUT2D eigenvalue weighted by Crippen LogP contribution is 2.35. The van der Waals surface area contributed by atoms with Crippen molar-refractivity contribution < 1.29 is 4.79 Å². The van der Waals surface area contributed by atoms with Crippen LogP contribution in [0.15, 0.2) is 17.1 Å². The predicted molar refractivity (Wildman–Crippen MR) is 91.3 cm³/mol. The Balaban J connectivity index is 1.78. The van der Waals surface area contributed by atoms with Crippen molar-refractivity contribution in [1.29, 1.82) is 0 Å². The molecule has 0 spiro atoms. The fourth-order valence-corrected chi connectivity index (χ4v) is 4.23. The van der Waals surface area contributed by atoms with Crippen LogP contribution in [0.3, 0.4) is 0 Å². The predicted octanol–water partition coefficient (Wildman–Crippen LogP) is 2.64. The topological polar surface area (TPSA) is 66.1 Å². The summed E-state index contributed by atoms with van der Waals surface area (Å²) in [7, 11) is 1.76. The summed E-state index contributed by atoms with van der Waals surface area (Å²) in [4.78, 5) is 35.2. The number of carbonyl (C=O) groups is 1. The van der Waals surface area contributed by atoms with Crippen molar-refractivity contribution >= 4 is 17.2 Å². The Bertz CT molecular complexity index is 793. The summed E-state index contributed by atoms with van der Waals surface area (Å²) in [6.07, 6.45) is 4.77. The number of pyridine rings is 1. The van der Waals surface area contributed by atoms with Gasteiger partial charge in [0.25, 0.3) is 5.91 Å². The first-order valence-corrected chi connectivity index (χ1v) is 8.68. The molecule has 5 nitrogen and oxygen atoms in total. The molecule has 23 heavy (non-hydrogen) atoms. The minimum absolute atomic E-state index is 0.198. The molecule has 2 aromatic rings. The van der Waals surface area contributed by atoms with E-state index in [2.05, 4.69) is 9.97 Å². The van der Waals surface area contributed by atoms with Gasteiger partial charge in [0.05, 0.1) is 10.7 Å². The Morgan fingerprint density at radius 3 is 3.00 bits per heavy atom. The molecule has 0 radical (unpaired) electrons. The second kappa shape index (κ2) is 6.28. The molecule has 0 saturated heterocycles. The summed E-state index contributed by atoms with van der Waals surface area (Å²) in [6, 6.07) is 1.46. The number of rotatable bonds is 3. The molecule has 0 unspecified atom stereocenters. The van der Waals surface area contributed by atoms with Gasteiger partial charge < -0.3 is 9.88 Å². The molecule has 1 atom stereocenters. The van der Waals surface area contributed by atoms with E-state index in [1.165, 1.54) is 17.1 Å². The number of likely N-dealkylation sites (N-methyl/N-ethyl adjacent to an activating group) is 1. The third-order valence-electron chi connectivity index (χ3n) is 4.31. The smallest absolute Gasteiger partial charge is 0.259 e. The van der Waals surface area contributed by atoms with Crippen LogP contribution in [0.1, 0.15) is 50.4 Å². The Hall–Kier alpha value is -1.95. The fraction of sp³-hybridized carbons (Fsp3) is 0.471. The molecular weight excluding hydrogens is 310 g/mol. The van der Waals surface area contributed by atoms with E-state index in [0.717, 1.165) is 35.7 Å². The van der Waals surface area contributed by atoms with Crippen LogP contribution in [0.5, 0.6) is 0 Å². The molecule has 1 aliphatic rings. The van der Waals surface area contributed by atoms with Gasteiger partial charge >= 0.3 is 0 Å². The highest BCUT2D eigenvalue weighted by molar-refractivity contribution is 7.11. The zero-order chi connectivity index (χ0) is 16.6. The van der Waals surface area contributed by atoms with Gasteiger partial charge in [0.2, 0.25) is 0 Å². The van der Waals surface area contributed by atoms with Crippen LogP contribution < -0.4 is 5.43 Å². The zero-order valence-corrected chi connectivity index (χ0v) is 14.5. The molecule has 0 bridgehead atoms. The van der Waals surface area contributed by atoms with Crippen LogP contribution in [0.4, 0.5) is 0 Å². The van der Waals surface area contributed by atoms with E-state index in [1.807, 2.05) is 6.92 Å². The maximum Gasteiger partial charge on any atom is 0.259 e. The summed E-state index contributed by atoms with van der Waals surface area (Å²) < 4.78 is 0. The summed E-state index contributed by atoms with van der Waals surface area (Å²) in [5.41, 5.74) is 1.87. The molecule has 2 heterocycles. The lowest BCUT2D eigenvalue weighted by Gasteiger charge is -2.26. The Morgan fingerprint density at radius 1 is 1.48 bits per heavy atom. The quantitative estimate of drug-likeness (QED) is 0.940. The number of amides is 1. The number of aryl methyl sites for hydroxylation is 3. The van der Waals surface area contributed by atoms with E-state index in [1.54, 1.807) is 30.2 Å². The third-order valence-corrected chi connectivity index (χ3v) is 5.35. The first-order valence-electron chi connectivity index (χ1n) is 7.86. The average molecular weight is 331 g/mol. The summed E-state index contributed by atoms with van der Waals surface area (Å²) in [5, 5.41) is 1.09. The van der Waals surface area contributed by atoms with Crippen LogP contribution in [-0.4, -0.2) is 34.4 Å². The molecule has 0 fully saturated rings. The molecule has 6 heteroatoms. The molecule has 1 N–H and O–H groups in total. The van der Waals surface area contributed by atoms with E-state index in [9.17, 15) is 9.59 Å². The standard InChI is InChI=1S/C17H21N3O2S/c1-10-7-14(21)13(8-18-10)17(22)20(3)9-12-5-4-6-15-16(12)19-11(2)23-15/h7-8,12H,4-6,9H2,1-3H3,(H,18,21)/t12-/m1/s1. The maximum atomic E-state index is 12.6. The van der Waals surface area contributed by atoms with Crippen molar-refractivity contribution in [3.8, 4) is 0 Å². The second-order valence-electron chi connectivity index (χ2n) is 6.21. The van der Waals surface area contributed by atoms with Gasteiger partial charge in [0.1, 0.15) is 5.56 Å². The van der Waals surface area contributed by atoms with Crippen LogP contribution in [0.25, 0.3) is 0 Å². The second-order valence-corrected chi connectivity index (χ2v) is 7.50. The molecule has 1 aliphatic carbocycles. The highest BCUT2D eigenvalue weighted by atomic mass is 32.1. The molecule has 3 rings (SSSR count). The van der Waals surface area contributed by atoms with Crippen molar-refractivity contribution in [2.45, 2.75) is 39.0 Å². The van der Waals surface area contributed by atoms with Crippen molar-refractivity contribution in [2.24, 2.45) is 0 Å². The maximum absolute atomic E-state index is 12.6. The molecule has 0 saturated carbocycles. The molecule has 122 valence electrons. The van der Waals surface area contributed by atoms with Crippen molar-refractivity contribution in [3.63, 3.8) is 0 Å². The van der Waals surface area contributed by atoms with E-state index in [0.29, 0.717) is 6.54 Å². The average Bonchev–Trinajstić information content (AvgIpc) is 2.88. The van der Waals surface area contributed by atoms with E-state index in [-0.39, 0.29) is 22.8 Å². The third kappa shape index (κ3) is 3.22.